The molecule has 11 aromatic rings. The lowest BCUT2D eigenvalue weighted by atomic mass is 9.74. The molecule has 2 aromatic heterocycles. The Morgan fingerprint density at radius 3 is 1.80 bits per heavy atom. The Balaban J connectivity index is 1.05. The Morgan fingerprint density at radius 1 is 0.393 bits per heavy atom. The summed E-state index contributed by atoms with van der Waals surface area (Å²) in [6.07, 6.45) is 0. The second kappa shape index (κ2) is 14.1. The standard InChI is InChI=1S/C58H38N2S/c1-58(41-24-9-4-10-25-41)49-31-14-13-28-45(49)54-46(30-16-32-50(54)58)52-36-51(59-57(60-52)38-20-7-3-8-21-38)40-23-15-22-39(34-40)42-29-17-33-53-55(42)48-35-47(37-18-5-2-6-19-37)43-26-11-12-27-44(43)56(48)61-53/h2-36H,1H3. The molecule has 1 aliphatic carbocycles. The second-order valence-electron chi connectivity index (χ2n) is 16.2. The van der Waals surface area contributed by atoms with Gasteiger partial charge in [0.05, 0.1) is 11.4 Å². The summed E-state index contributed by atoms with van der Waals surface area (Å²) in [7, 11) is 0. The van der Waals surface area contributed by atoms with E-state index in [0.717, 1.165) is 33.6 Å². The van der Waals surface area contributed by atoms with E-state index in [0.29, 0.717) is 5.82 Å². The van der Waals surface area contributed by atoms with Crippen LogP contribution in [0, 0.1) is 0 Å². The molecule has 0 saturated carbocycles. The lowest BCUT2D eigenvalue weighted by Gasteiger charge is -2.28. The first-order valence-corrected chi connectivity index (χ1v) is 21.7. The van der Waals surface area contributed by atoms with Crippen molar-refractivity contribution in [2.24, 2.45) is 0 Å². The molecule has 0 amide bonds. The van der Waals surface area contributed by atoms with Crippen molar-refractivity contribution < 1.29 is 0 Å². The van der Waals surface area contributed by atoms with Crippen LogP contribution < -0.4 is 0 Å². The molecule has 0 spiro atoms. The number of fused-ring (bicyclic) bond motifs is 8. The molecule has 61 heavy (non-hydrogen) atoms. The molecule has 0 aliphatic heterocycles. The highest BCUT2D eigenvalue weighted by Gasteiger charge is 2.41. The zero-order valence-electron chi connectivity index (χ0n) is 33.5. The molecule has 0 radical (unpaired) electrons. The quantitative estimate of drug-likeness (QED) is 0.168. The van der Waals surface area contributed by atoms with Crippen molar-refractivity contribution in [3.8, 4) is 67.3 Å². The summed E-state index contributed by atoms with van der Waals surface area (Å²) in [5.41, 5.74) is 15.9. The molecule has 1 atom stereocenters. The van der Waals surface area contributed by atoms with Gasteiger partial charge in [0.25, 0.3) is 0 Å². The molecule has 2 nitrogen and oxygen atoms in total. The maximum atomic E-state index is 5.37. The van der Waals surface area contributed by atoms with E-state index in [2.05, 4.69) is 213 Å². The monoisotopic (exact) mass is 794 g/mol. The summed E-state index contributed by atoms with van der Waals surface area (Å²) in [6.45, 7) is 2.37. The number of nitrogens with zero attached hydrogens (tertiary/aromatic N) is 2. The van der Waals surface area contributed by atoms with E-state index < -0.39 is 0 Å². The first-order chi connectivity index (χ1) is 30.1. The summed E-state index contributed by atoms with van der Waals surface area (Å²) < 4.78 is 2.60. The molecule has 0 bridgehead atoms. The van der Waals surface area contributed by atoms with E-state index in [4.69, 9.17) is 9.97 Å². The van der Waals surface area contributed by atoms with Crippen LogP contribution in [-0.2, 0) is 5.41 Å². The van der Waals surface area contributed by atoms with Gasteiger partial charge in [-0.25, -0.2) is 9.97 Å². The predicted molar refractivity (Wildman–Crippen MR) is 257 cm³/mol. The normalized spacial score (nSPS) is 14.4. The minimum absolute atomic E-state index is 0.309. The van der Waals surface area contributed by atoms with Crippen LogP contribution in [0.2, 0.25) is 0 Å². The number of thiophene rings is 1. The second-order valence-corrected chi connectivity index (χ2v) is 17.2. The zero-order chi connectivity index (χ0) is 40.5. The Labute approximate surface area is 359 Å². The highest BCUT2D eigenvalue weighted by Crippen LogP contribution is 2.55. The average molecular weight is 795 g/mol. The molecular weight excluding hydrogens is 757 g/mol. The van der Waals surface area contributed by atoms with E-state index in [-0.39, 0.29) is 5.41 Å². The topological polar surface area (TPSA) is 25.8 Å². The third kappa shape index (κ3) is 5.62. The van der Waals surface area contributed by atoms with E-state index in [1.807, 2.05) is 17.4 Å². The fourth-order valence-corrected chi connectivity index (χ4v) is 11.1. The van der Waals surface area contributed by atoms with Crippen molar-refractivity contribution >= 4 is 42.3 Å². The van der Waals surface area contributed by atoms with Crippen LogP contribution >= 0.6 is 11.3 Å². The molecule has 286 valence electrons. The fourth-order valence-electron chi connectivity index (χ4n) is 9.88. The third-order valence-electron chi connectivity index (χ3n) is 12.8. The maximum absolute atomic E-state index is 5.37. The van der Waals surface area contributed by atoms with Gasteiger partial charge >= 0.3 is 0 Å². The zero-order valence-corrected chi connectivity index (χ0v) is 34.3. The summed E-state index contributed by atoms with van der Waals surface area (Å²) in [6, 6.07) is 76.8. The number of hydrogen-bond donors (Lipinski definition) is 0. The van der Waals surface area contributed by atoms with Crippen LogP contribution in [0.3, 0.4) is 0 Å². The van der Waals surface area contributed by atoms with E-state index in [1.54, 1.807) is 0 Å². The van der Waals surface area contributed by atoms with Crippen molar-refractivity contribution in [3.63, 3.8) is 0 Å². The molecule has 12 rings (SSSR count). The van der Waals surface area contributed by atoms with Gasteiger partial charge in [0.15, 0.2) is 5.82 Å². The lowest BCUT2D eigenvalue weighted by Crippen LogP contribution is -2.22. The van der Waals surface area contributed by atoms with E-state index in [1.165, 1.54) is 75.5 Å². The van der Waals surface area contributed by atoms with Crippen LogP contribution in [0.5, 0.6) is 0 Å². The van der Waals surface area contributed by atoms with Crippen molar-refractivity contribution in [1.29, 1.82) is 0 Å². The molecule has 0 saturated heterocycles. The summed E-state index contributed by atoms with van der Waals surface area (Å²) in [5.74, 6) is 0.708. The third-order valence-corrected chi connectivity index (χ3v) is 14.0. The highest BCUT2D eigenvalue weighted by molar-refractivity contribution is 7.26. The number of hydrogen-bond acceptors (Lipinski definition) is 3. The lowest BCUT2D eigenvalue weighted by molar-refractivity contribution is 0.714. The van der Waals surface area contributed by atoms with Crippen LogP contribution in [-0.4, -0.2) is 9.97 Å². The molecule has 2 heterocycles. The van der Waals surface area contributed by atoms with Crippen molar-refractivity contribution in [1.82, 2.24) is 9.97 Å². The average Bonchev–Trinajstić information content (AvgIpc) is 3.85. The Hall–Kier alpha value is -7.46. The molecule has 0 N–H and O–H groups in total. The predicted octanol–water partition coefficient (Wildman–Crippen LogP) is 15.7. The van der Waals surface area contributed by atoms with Crippen LogP contribution in [0.4, 0.5) is 0 Å². The van der Waals surface area contributed by atoms with Gasteiger partial charge in [-0.15, -0.1) is 11.3 Å². The number of aromatic nitrogens is 2. The Kier molecular flexibility index (Phi) is 8.19. The van der Waals surface area contributed by atoms with E-state index in [9.17, 15) is 0 Å². The van der Waals surface area contributed by atoms with Crippen LogP contribution in [0.15, 0.2) is 212 Å². The Bertz CT molecular complexity index is 3480. The molecule has 9 aromatic carbocycles. The molecule has 0 fully saturated rings. The maximum Gasteiger partial charge on any atom is 0.160 e. The molecule has 1 unspecified atom stereocenters. The van der Waals surface area contributed by atoms with Gasteiger partial charge in [-0.05, 0) is 86.6 Å². The molecular formula is C58H38N2S. The van der Waals surface area contributed by atoms with Crippen LogP contribution in [0.1, 0.15) is 23.6 Å². The van der Waals surface area contributed by atoms with Gasteiger partial charge < -0.3 is 0 Å². The largest absolute Gasteiger partial charge is 0.228 e. The van der Waals surface area contributed by atoms with Crippen molar-refractivity contribution in [2.45, 2.75) is 12.3 Å². The first-order valence-electron chi connectivity index (χ1n) is 20.9. The van der Waals surface area contributed by atoms with Gasteiger partial charge in [-0.2, -0.15) is 0 Å². The minimum atomic E-state index is -0.309. The van der Waals surface area contributed by atoms with Gasteiger partial charge in [0.2, 0.25) is 0 Å². The SMILES string of the molecule is CC1(c2ccccc2)c2ccccc2-c2c(-c3cc(-c4cccc(-c5cccc6sc7c8ccccc8c(-c8ccccc8)cc7c56)c4)nc(-c4ccccc4)n3)cccc21. The fraction of sp³-hybridized carbons (Fsp3) is 0.0345. The molecule has 3 heteroatoms. The first kappa shape index (κ1) is 35.5. The minimum Gasteiger partial charge on any atom is -0.228 e. The summed E-state index contributed by atoms with van der Waals surface area (Å²) in [5, 5.41) is 5.15. The summed E-state index contributed by atoms with van der Waals surface area (Å²) >= 11 is 1.89. The van der Waals surface area contributed by atoms with Crippen LogP contribution in [0.25, 0.3) is 98.2 Å². The van der Waals surface area contributed by atoms with Crippen molar-refractivity contribution in [3.05, 3.63) is 229 Å². The van der Waals surface area contributed by atoms with E-state index >= 15 is 0 Å². The van der Waals surface area contributed by atoms with Gasteiger partial charge in [-0.3, -0.25) is 0 Å². The number of benzene rings is 9. The van der Waals surface area contributed by atoms with Gasteiger partial charge in [0, 0.05) is 47.7 Å². The van der Waals surface area contributed by atoms with Gasteiger partial charge in [-0.1, -0.05) is 188 Å². The smallest absolute Gasteiger partial charge is 0.160 e. The highest BCUT2D eigenvalue weighted by atomic mass is 32.1. The van der Waals surface area contributed by atoms with Crippen molar-refractivity contribution in [2.75, 3.05) is 0 Å². The summed E-state index contributed by atoms with van der Waals surface area (Å²) in [4.78, 5) is 10.7. The number of rotatable bonds is 6. The van der Waals surface area contributed by atoms with Gasteiger partial charge in [0.1, 0.15) is 0 Å². The Morgan fingerprint density at radius 2 is 0.984 bits per heavy atom. The molecule has 1 aliphatic rings.